The molecule has 0 heterocycles. The highest BCUT2D eigenvalue weighted by Crippen LogP contribution is 2.23. The summed E-state index contributed by atoms with van der Waals surface area (Å²) in [5, 5.41) is 19.5. The number of nitrogens with zero attached hydrogens (tertiary/aromatic N) is 1. The minimum absolute atomic E-state index is 0.0123. The Labute approximate surface area is 163 Å². The van der Waals surface area contributed by atoms with Crippen LogP contribution in [0, 0.1) is 17.0 Å². The largest absolute Gasteiger partial charge is 0.379 e. The molecule has 0 saturated carbocycles. The van der Waals surface area contributed by atoms with Gasteiger partial charge in [0.1, 0.15) is 5.69 Å². The smallest absolute Gasteiger partial charge is 0.292 e. The van der Waals surface area contributed by atoms with Crippen LogP contribution in [0.2, 0.25) is 0 Å². The van der Waals surface area contributed by atoms with Gasteiger partial charge >= 0.3 is 0 Å². The summed E-state index contributed by atoms with van der Waals surface area (Å²) in [5.74, 6) is -0.452. The van der Waals surface area contributed by atoms with Gasteiger partial charge in [0.15, 0.2) is 0 Å². The van der Waals surface area contributed by atoms with Crippen LogP contribution in [0.15, 0.2) is 42.5 Å². The number of amides is 2. The van der Waals surface area contributed by atoms with E-state index < -0.39 is 4.92 Å². The first-order chi connectivity index (χ1) is 13.3. The number of carbonyl (C=O) groups is 2. The fourth-order valence-electron chi connectivity index (χ4n) is 2.60. The maximum absolute atomic E-state index is 12.2. The maximum Gasteiger partial charge on any atom is 0.292 e. The van der Waals surface area contributed by atoms with Crippen molar-refractivity contribution in [2.24, 2.45) is 0 Å². The predicted molar refractivity (Wildman–Crippen MR) is 109 cm³/mol. The number of para-hydroxylation sites is 2. The molecule has 0 atom stereocenters. The molecule has 0 radical (unpaired) electrons. The average Bonchev–Trinajstić information content (AvgIpc) is 2.63. The number of nitrogens with one attached hydrogen (secondary N) is 3. The van der Waals surface area contributed by atoms with Crippen LogP contribution in [0.1, 0.15) is 36.2 Å². The molecule has 0 aliphatic carbocycles. The van der Waals surface area contributed by atoms with Crippen molar-refractivity contribution in [2.75, 3.05) is 17.2 Å². The number of nitro groups is 1. The number of hydrogen-bond donors (Lipinski definition) is 3. The molecule has 0 fully saturated rings. The van der Waals surface area contributed by atoms with E-state index in [4.69, 9.17) is 0 Å². The summed E-state index contributed by atoms with van der Waals surface area (Å²) in [4.78, 5) is 34.9. The Hall–Kier alpha value is -3.42. The Morgan fingerprint density at radius 3 is 2.54 bits per heavy atom. The third-order valence-electron chi connectivity index (χ3n) is 3.95. The molecule has 8 heteroatoms. The minimum atomic E-state index is -0.474. The van der Waals surface area contributed by atoms with Gasteiger partial charge in [0, 0.05) is 36.3 Å². The van der Waals surface area contributed by atoms with Crippen LogP contribution >= 0.6 is 0 Å². The number of benzene rings is 2. The van der Waals surface area contributed by atoms with Gasteiger partial charge in [0.25, 0.3) is 11.6 Å². The van der Waals surface area contributed by atoms with Crippen LogP contribution in [0.3, 0.4) is 0 Å². The number of hydrogen-bond acceptors (Lipinski definition) is 5. The molecular weight excluding hydrogens is 360 g/mol. The summed E-state index contributed by atoms with van der Waals surface area (Å²) in [6.07, 6.45) is 0.119. The van der Waals surface area contributed by atoms with Crippen molar-refractivity contribution in [1.29, 1.82) is 0 Å². The van der Waals surface area contributed by atoms with Crippen molar-refractivity contribution in [3.05, 3.63) is 63.7 Å². The Balaban J connectivity index is 1.95. The van der Waals surface area contributed by atoms with Crippen LogP contribution < -0.4 is 16.0 Å². The molecule has 0 aliphatic heterocycles. The van der Waals surface area contributed by atoms with E-state index in [1.165, 1.54) is 6.07 Å². The molecule has 2 aromatic carbocycles. The summed E-state index contributed by atoms with van der Waals surface area (Å²) >= 11 is 0. The maximum atomic E-state index is 12.2. The molecule has 8 nitrogen and oxygen atoms in total. The average molecular weight is 384 g/mol. The van der Waals surface area contributed by atoms with Crippen molar-refractivity contribution in [2.45, 2.75) is 33.2 Å². The fourth-order valence-corrected chi connectivity index (χ4v) is 2.60. The second-order valence-electron chi connectivity index (χ2n) is 6.66. The second-order valence-corrected chi connectivity index (χ2v) is 6.66. The summed E-state index contributed by atoms with van der Waals surface area (Å²) in [7, 11) is 0. The van der Waals surface area contributed by atoms with Crippen LogP contribution in [0.25, 0.3) is 0 Å². The Bertz CT molecular complexity index is 880. The molecular formula is C20H24N4O4. The number of carbonyl (C=O) groups excluding carboxylic acids is 2. The van der Waals surface area contributed by atoms with Crippen LogP contribution in [-0.4, -0.2) is 29.3 Å². The zero-order valence-corrected chi connectivity index (χ0v) is 16.1. The van der Waals surface area contributed by atoms with Gasteiger partial charge in [-0.15, -0.1) is 0 Å². The first-order valence-electron chi connectivity index (χ1n) is 8.96. The highest BCUT2D eigenvalue weighted by Gasteiger charge is 2.14. The van der Waals surface area contributed by atoms with E-state index in [-0.39, 0.29) is 36.5 Å². The Morgan fingerprint density at radius 1 is 1.14 bits per heavy atom. The zero-order chi connectivity index (χ0) is 20.7. The van der Waals surface area contributed by atoms with E-state index in [0.29, 0.717) is 16.9 Å². The standard InChI is InChI=1S/C20H24N4O4/c1-13(2)22-20(26)16-12-15(9-8-14(16)3)23-19(25)10-11-21-17-6-4-5-7-18(17)24(27)28/h4-9,12-13,21H,10-11H2,1-3H3,(H,22,26)(H,23,25). The van der Waals surface area contributed by atoms with E-state index in [0.717, 1.165) is 5.56 Å². The summed E-state index contributed by atoms with van der Waals surface area (Å²) in [6, 6.07) is 11.4. The molecule has 2 amide bonds. The van der Waals surface area contributed by atoms with Gasteiger partial charge in [0.2, 0.25) is 5.91 Å². The fraction of sp³-hybridized carbons (Fsp3) is 0.300. The molecule has 0 spiro atoms. The zero-order valence-electron chi connectivity index (χ0n) is 16.1. The van der Waals surface area contributed by atoms with E-state index in [1.807, 2.05) is 20.8 Å². The number of nitro benzene ring substituents is 1. The van der Waals surface area contributed by atoms with Gasteiger partial charge in [-0.3, -0.25) is 19.7 Å². The Kier molecular flexibility index (Phi) is 7.08. The third-order valence-corrected chi connectivity index (χ3v) is 3.95. The van der Waals surface area contributed by atoms with Crippen molar-refractivity contribution in [3.63, 3.8) is 0 Å². The molecule has 148 valence electrons. The number of aryl methyl sites for hydroxylation is 1. The Morgan fingerprint density at radius 2 is 1.86 bits per heavy atom. The summed E-state index contributed by atoms with van der Waals surface area (Å²) in [5.41, 5.74) is 2.17. The molecule has 2 rings (SSSR count). The first-order valence-corrected chi connectivity index (χ1v) is 8.96. The highest BCUT2D eigenvalue weighted by molar-refractivity contribution is 5.98. The van der Waals surface area contributed by atoms with Gasteiger partial charge in [-0.1, -0.05) is 18.2 Å². The molecule has 2 aromatic rings. The lowest BCUT2D eigenvalue weighted by molar-refractivity contribution is -0.384. The number of anilines is 2. The quantitative estimate of drug-likeness (QED) is 0.476. The lowest BCUT2D eigenvalue weighted by Crippen LogP contribution is -2.30. The van der Waals surface area contributed by atoms with Crippen molar-refractivity contribution in [1.82, 2.24) is 5.32 Å². The minimum Gasteiger partial charge on any atom is -0.379 e. The van der Waals surface area contributed by atoms with Gasteiger partial charge in [-0.05, 0) is 44.5 Å². The van der Waals surface area contributed by atoms with Gasteiger partial charge in [0.05, 0.1) is 4.92 Å². The lowest BCUT2D eigenvalue weighted by atomic mass is 10.1. The molecule has 28 heavy (non-hydrogen) atoms. The molecule has 0 unspecified atom stereocenters. The van der Waals surface area contributed by atoms with Crippen molar-refractivity contribution in [3.8, 4) is 0 Å². The van der Waals surface area contributed by atoms with Gasteiger partial charge < -0.3 is 16.0 Å². The second kappa shape index (κ2) is 9.50. The third kappa shape index (κ3) is 5.80. The van der Waals surface area contributed by atoms with E-state index >= 15 is 0 Å². The monoisotopic (exact) mass is 384 g/mol. The normalized spacial score (nSPS) is 10.4. The molecule has 0 saturated heterocycles. The lowest BCUT2D eigenvalue weighted by Gasteiger charge is -2.13. The van der Waals surface area contributed by atoms with Gasteiger partial charge in [-0.25, -0.2) is 0 Å². The highest BCUT2D eigenvalue weighted by atomic mass is 16.6. The number of rotatable bonds is 8. The molecule has 0 aromatic heterocycles. The molecule has 0 aliphatic rings. The first kappa shape index (κ1) is 20.9. The van der Waals surface area contributed by atoms with E-state index in [2.05, 4.69) is 16.0 Å². The van der Waals surface area contributed by atoms with Crippen molar-refractivity contribution >= 4 is 28.9 Å². The van der Waals surface area contributed by atoms with E-state index in [9.17, 15) is 19.7 Å². The predicted octanol–water partition coefficient (Wildman–Crippen LogP) is 3.48. The van der Waals surface area contributed by atoms with Crippen molar-refractivity contribution < 1.29 is 14.5 Å². The molecule has 0 bridgehead atoms. The topological polar surface area (TPSA) is 113 Å². The SMILES string of the molecule is Cc1ccc(NC(=O)CCNc2ccccc2[N+](=O)[O-])cc1C(=O)NC(C)C. The summed E-state index contributed by atoms with van der Waals surface area (Å²) in [6.45, 7) is 5.83. The summed E-state index contributed by atoms with van der Waals surface area (Å²) < 4.78 is 0. The van der Waals surface area contributed by atoms with Crippen LogP contribution in [0.5, 0.6) is 0 Å². The van der Waals surface area contributed by atoms with Crippen LogP contribution in [-0.2, 0) is 4.79 Å². The van der Waals surface area contributed by atoms with Crippen LogP contribution in [0.4, 0.5) is 17.1 Å². The van der Waals surface area contributed by atoms with Gasteiger partial charge in [-0.2, -0.15) is 0 Å². The molecule has 3 N–H and O–H groups in total. The van der Waals surface area contributed by atoms with E-state index in [1.54, 1.807) is 36.4 Å².